The van der Waals surface area contributed by atoms with Crippen LogP contribution in [0.15, 0.2) is 12.3 Å². The Labute approximate surface area is 61.0 Å². The van der Waals surface area contributed by atoms with Crippen LogP contribution in [0, 0.1) is 0 Å². The lowest BCUT2D eigenvalue weighted by Crippen LogP contribution is -2.39. The van der Waals surface area contributed by atoms with Gasteiger partial charge >= 0.3 is 0 Å². The smallest absolute Gasteiger partial charge is 0.126 e. The fourth-order valence-electron chi connectivity index (χ4n) is 0.904. The largest absolute Gasteiger partial charge is 0.499 e. The number of rotatable bonds is 2. The Hall–Kier alpha value is -0.540. The van der Waals surface area contributed by atoms with Gasteiger partial charge in [-0.2, -0.15) is 0 Å². The molecule has 1 rings (SSSR count). The van der Waals surface area contributed by atoms with Gasteiger partial charge in [-0.25, -0.2) is 0 Å². The summed E-state index contributed by atoms with van der Waals surface area (Å²) in [5.74, 6) is 0.701. The van der Waals surface area contributed by atoms with E-state index in [0.717, 1.165) is 19.7 Å². The number of methoxy groups -OCH3 is 1. The third-order valence-electron chi connectivity index (χ3n) is 1.55. The number of nitrogens with one attached hydrogen (secondary N) is 1. The third kappa shape index (κ3) is 1.72. The number of hydrogen-bond acceptors (Lipinski definition) is 3. The minimum Gasteiger partial charge on any atom is -0.499 e. The quantitative estimate of drug-likeness (QED) is 0.557. The van der Waals surface area contributed by atoms with Crippen LogP contribution in [0.3, 0.4) is 0 Å². The average Bonchev–Trinajstić information content (AvgIpc) is 2.05. The Balaban J connectivity index is 2.31. The summed E-state index contributed by atoms with van der Waals surface area (Å²) in [6.07, 6.45) is 0.0405. The van der Waals surface area contributed by atoms with Crippen LogP contribution in [0.25, 0.3) is 0 Å². The van der Waals surface area contributed by atoms with Crippen LogP contribution in [-0.2, 0) is 9.47 Å². The molecule has 1 saturated heterocycles. The molecule has 0 saturated carbocycles. The van der Waals surface area contributed by atoms with E-state index in [1.54, 1.807) is 7.11 Å². The molecule has 10 heavy (non-hydrogen) atoms. The van der Waals surface area contributed by atoms with Crippen LogP contribution in [0.5, 0.6) is 0 Å². The van der Waals surface area contributed by atoms with E-state index in [-0.39, 0.29) is 6.10 Å². The van der Waals surface area contributed by atoms with Crippen molar-refractivity contribution in [3.63, 3.8) is 0 Å². The Morgan fingerprint density at radius 2 is 2.60 bits per heavy atom. The van der Waals surface area contributed by atoms with E-state index in [2.05, 4.69) is 11.9 Å². The van der Waals surface area contributed by atoms with Gasteiger partial charge in [-0.3, -0.25) is 0 Å². The molecule has 0 amide bonds. The molecular weight excluding hydrogens is 130 g/mol. The van der Waals surface area contributed by atoms with E-state index >= 15 is 0 Å². The molecular formula is C7H13NO2. The maximum absolute atomic E-state index is 5.34. The van der Waals surface area contributed by atoms with E-state index in [1.807, 2.05) is 0 Å². The summed E-state index contributed by atoms with van der Waals surface area (Å²) in [5.41, 5.74) is 0. The zero-order valence-corrected chi connectivity index (χ0v) is 6.22. The molecule has 58 valence electrons. The summed E-state index contributed by atoms with van der Waals surface area (Å²) >= 11 is 0. The number of ether oxygens (including phenoxy) is 2. The highest BCUT2D eigenvalue weighted by molar-refractivity contribution is 4.94. The Morgan fingerprint density at radius 1 is 1.80 bits per heavy atom. The average molecular weight is 143 g/mol. The summed E-state index contributed by atoms with van der Waals surface area (Å²) in [6.45, 7) is 6.19. The molecule has 0 aromatic rings. The lowest BCUT2D eigenvalue weighted by molar-refractivity contribution is 0.0193. The standard InChI is InChI=1S/C7H13NO2/c1-6(9-2)7-5-8-3-4-10-7/h7-8H,1,3-5H2,2H3/t7-/m1/s1. The molecule has 3 nitrogen and oxygen atoms in total. The number of morpholine rings is 1. The maximum atomic E-state index is 5.34. The van der Waals surface area contributed by atoms with Crippen LogP contribution in [-0.4, -0.2) is 32.9 Å². The van der Waals surface area contributed by atoms with E-state index < -0.39 is 0 Å². The highest BCUT2D eigenvalue weighted by Crippen LogP contribution is 2.06. The topological polar surface area (TPSA) is 30.5 Å². The molecule has 0 spiro atoms. The van der Waals surface area contributed by atoms with Gasteiger partial charge in [0.15, 0.2) is 0 Å². The van der Waals surface area contributed by atoms with Crippen LogP contribution in [0.2, 0.25) is 0 Å². The van der Waals surface area contributed by atoms with Gasteiger partial charge in [0, 0.05) is 13.1 Å². The van der Waals surface area contributed by atoms with Gasteiger partial charge in [0.1, 0.15) is 11.9 Å². The Morgan fingerprint density at radius 3 is 3.10 bits per heavy atom. The minimum absolute atomic E-state index is 0.0405. The monoisotopic (exact) mass is 143 g/mol. The molecule has 3 heteroatoms. The van der Waals surface area contributed by atoms with Gasteiger partial charge in [-0.1, -0.05) is 6.58 Å². The van der Waals surface area contributed by atoms with E-state index in [0.29, 0.717) is 5.76 Å². The van der Waals surface area contributed by atoms with Crippen LogP contribution >= 0.6 is 0 Å². The first kappa shape index (κ1) is 7.57. The summed E-state index contributed by atoms with van der Waals surface area (Å²) in [5, 5.41) is 3.18. The van der Waals surface area contributed by atoms with Crippen molar-refractivity contribution >= 4 is 0 Å². The first-order chi connectivity index (χ1) is 4.84. The molecule has 1 aliphatic rings. The molecule has 1 heterocycles. The van der Waals surface area contributed by atoms with Gasteiger partial charge in [-0.15, -0.1) is 0 Å². The van der Waals surface area contributed by atoms with Crippen molar-refractivity contribution in [1.29, 1.82) is 0 Å². The second-order valence-corrected chi connectivity index (χ2v) is 2.23. The highest BCUT2D eigenvalue weighted by atomic mass is 16.5. The van der Waals surface area contributed by atoms with Crippen LogP contribution in [0.1, 0.15) is 0 Å². The first-order valence-corrected chi connectivity index (χ1v) is 3.39. The second-order valence-electron chi connectivity index (χ2n) is 2.23. The first-order valence-electron chi connectivity index (χ1n) is 3.39. The van der Waals surface area contributed by atoms with E-state index in [9.17, 15) is 0 Å². The van der Waals surface area contributed by atoms with Crippen molar-refractivity contribution in [1.82, 2.24) is 5.32 Å². The predicted molar refractivity (Wildman–Crippen MR) is 38.8 cm³/mol. The summed E-state index contributed by atoms with van der Waals surface area (Å²) in [7, 11) is 1.61. The van der Waals surface area contributed by atoms with Gasteiger partial charge in [0.25, 0.3) is 0 Å². The molecule has 0 aromatic carbocycles. The Kier molecular flexibility index (Phi) is 2.71. The number of hydrogen-bond donors (Lipinski definition) is 1. The molecule has 1 N–H and O–H groups in total. The molecule has 0 aliphatic carbocycles. The maximum Gasteiger partial charge on any atom is 0.126 e. The predicted octanol–water partition coefficient (Wildman–Crippen LogP) is 0.135. The van der Waals surface area contributed by atoms with Crippen molar-refractivity contribution in [2.45, 2.75) is 6.10 Å². The lowest BCUT2D eigenvalue weighted by Gasteiger charge is -2.24. The Bertz CT molecular complexity index is 119. The molecule has 0 unspecified atom stereocenters. The van der Waals surface area contributed by atoms with E-state index in [4.69, 9.17) is 9.47 Å². The van der Waals surface area contributed by atoms with Gasteiger partial charge in [0.05, 0.1) is 13.7 Å². The van der Waals surface area contributed by atoms with Gasteiger partial charge < -0.3 is 14.8 Å². The normalized spacial score (nSPS) is 25.9. The van der Waals surface area contributed by atoms with Crippen LogP contribution < -0.4 is 5.32 Å². The lowest BCUT2D eigenvalue weighted by atomic mass is 10.3. The van der Waals surface area contributed by atoms with Crippen molar-refractivity contribution < 1.29 is 9.47 Å². The van der Waals surface area contributed by atoms with Crippen molar-refractivity contribution in [3.8, 4) is 0 Å². The van der Waals surface area contributed by atoms with Gasteiger partial charge in [0.2, 0.25) is 0 Å². The van der Waals surface area contributed by atoms with Crippen molar-refractivity contribution in [2.24, 2.45) is 0 Å². The SMILES string of the molecule is C=C(OC)[C@H]1CNCCO1. The second kappa shape index (κ2) is 3.58. The fraction of sp³-hybridized carbons (Fsp3) is 0.714. The van der Waals surface area contributed by atoms with Crippen molar-refractivity contribution in [2.75, 3.05) is 26.8 Å². The van der Waals surface area contributed by atoms with Crippen molar-refractivity contribution in [3.05, 3.63) is 12.3 Å². The molecule has 0 aromatic heterocycles. The molecule has 1 atom stereocenters. The van der Waals surface area contributed by atoms with Gasteiger partial charge in [-0.05, 0) is 0 Å². The fourth-order valence-corrected chi connectivity index (χ4v) is 0.904. The molecule has 0 radical (unpaired) electrons. The zero-order valence-electron chi connectivity index (χ0n) is 6.22. The molecule has 0 bridgehead atoms. The highest BCUT2D eigenvalue weighted by Gasteiger charge is 2.16. The van der Waals surface area contributed by atoms with Crippen LogP contribution in [0.4, 0.5) is 0 Å². The summed E-state index contributed by atoms with van der Waals surface area (Å²) in [4.78, 5) is 0. The van der Waals surface area contributed by atoms with E-state index in [1.165, 1.54) is 0 Å². The third-order valence-corrected chi connectivity index (χ3v) is 1.55. The summed E-state index contributed by atoms with van der Waals surface area (Å²) < 4.78 is 10.3. The minimum atomic E-state index is 0.0405. The zero-order chi connectivity index (χ0) is 7.40. The summed E-state index contributed by atoms with van der Waals surface area (Å²) in [6, 6.07) is 0. The molecule has 1 aliphatic heterocycles. The molecule has 1 fully saturated rings.